The fourth-order valence-corrected chi connectivity index (χ4v) is 12.1. The predicted molar refractivity (Wildman–Crippen MR) is 192 cm³/mol. The zero-order valence-corrected chi connectivity index (χ0v) is 30.5. The molecule has 0 unspecified atom stereocenters. The molecule has 4 nitrogen and oxygen atoms in total. The summed E-state index contributed by atoms with van der Waals surface area (Å²) in [5, 5.41) is 12.6. The van der Waals surface area contributed by atoms with Crippen LogP contribution in [-0.4, -0.2) is 42.5 Å². The summed E-state index contributed by atoms with van der Waals surface area (Å²) in [5.74, 6) is -1.13. The molecule has 4 aromatic carbocycles. The summed E-state index contributed by atoms with van der Waals surface area (Å²) in [4.78, 5) is 16.1. The molecule has 48 heavy (non-hydrogen) atoms. The Bertz CT molecular complexity index is 1680. The third-order valence-corrected chi connectivity index (χ3v) is 15.0. The van der Waals surface area contributed by atoms with Gasteiger partial charge in [0.1, 0.15) is 11.6 Å². The smallest absolute Gasteiger partial charge is 0.261 e. The molecule has 8 heteroatoms. The van der Waals surface area contributed by atoms with Crippen LogP contribution in [-0.2, 0) is 28.5 Å². The molecule has 0 bridgehead atoms. The summed E-state index contributed by atoms with van der Waals surface area (Å²) in [6.45, 7) is 12.2. The Morgan fingerprint density at radius 1 is 0.875 bits per heavy atom. The van der Waals surface area contributed by atoms with Crippen LogP contribution in [0.3, 0.4) is 0 Å². The standard InChI is InChI=1S/C40H46ClF2NO3Si/c1-27-31-20-21-37(43)32(22-23-40(5,6)46)33(31)24-28(44(27)38(45)25-34-35(41)18-13-19-36(34)42)26-47-48(39(2,3)4,29-14-9-7-10-15-29)30-16-11-8-12-17-30/h7-21,27-28,46H,22-26H2,1-6H3/t27-,28+/m0/s1. The van der Waals surface area contributed by atoms with E-state index in [9.17, 15) is 14.3 Å². The molecule has 0 fully saturated rings. The molecule has 0 aromatic heterocycles. The van der Waals surface area contributed by atoms with E-state index >= 15 is 4.39 Å². The van der Waals surface area contributed by atoms with E-state index in [0.29, 0.717) is 24.8 Å². The van der Waals surface area contributed by atoms with Crippen molar-refractivity contribution in [1.82, 2.24) is 4.90 Å². The van der Waals surface area contributed by atoms with Crippen LogP contribution < -0.4 is 10.4 Å². The van der Waals surface area contributed by atoms with Crippen LogP contribution in [0.15, 0.2) is 91.0 Å². The first-order valence-electron chi connectivity index (χ1n) is 16.7. The molecule has 1 N–H and O–H groups in total. The van der Waals surface area contributed by atoms with Gasteiger partial charge in [-0.05, 0) is 90.3 Å². The van der Waals surface area contributed by atoms with Crippen LogP contribution in [0.25, 0.3) is 0 Å². The fraction of sp³-hybridized carbons (Fsp3) is 0.375. The minimum absolute atomic E-state index is 0.152. The van der Waals surface area contributed by atoms with Crippen LogP contribution in [0, 0.1) is 11.6 Å². The Balaban J connectivity index is 1.62. The third kappa shape index (κ3) is 7.30. The van der Waals surface area contributed by atoms with Gasteiger partial charge in [0, 0.05) is 10.6 Å². The maximum absolute atomic E-state index is 15.6. The minimum atomic E-state index is -2.99. The summed E-state index contributed by atoms with van der Waals surface area (Å²) in [5.41, 5.74) is 1.43. The Morgan fingerprint density at radius 3 is 2.00 bits per heavy atom. The number of benzene rings is 4. The van der Waals surface area contributed by atoms with Crippen molar-refractivity contribution in [3.8, 4) is 0 Å². The average molecular weight is 690 g/mol. The first kappa shape index (κ1) is 35.9. The van der Waals surface area contributed by atoms with Crippen molar-refractivity contribution in [3.05, 3.63) is 130 Å². The molecular weight excluding hydrogens is 644 g/mol. The fourth-order valence-electron chi connectivity index (χ4n) is 7.30. The van der Waals surface area contributed by atoms with Crippen molar-refractivity contribution < 1.29 is 23.1 Å². The molecule has 1 aliphatic rings. The van der Waals surface area contributed by atoms with Gasteiger partial charge in [0.15, 0.2) is 0 Å². The van der Waals surface area contributed by atoms with Crippen LogP contribution >= 0.6 is 11.6 Å². The first-order chi connectivity index (χ1) is 22.6. The second-order valence-corrected chi connectivity index (χ2v) is 19.3. The number of amides is 1. The normalized spacial score (nSPS) is 16.9. The van der Waals surface area contributed by atoms with Crippen molar-refractivity contribution in [2.45, 2.75) is 89.9 Å². The Labute approximate surface area is 289 Å². The number of hydrogen-bond acceptors (Lipinski definition) is 3. The highest BCUT2D eigenvalue weighted by atomic mass is 35.5. The molecule has 0 radical (unpaired) electrons. The van der Waals surface area contributed by atoms with Crippen molar-refractivity contribution >= 4 is 36.2 Å². The summed E-state index contributed by atoms with van der Waals surface area (Å²) >= 11 is 6.39. The third-order valence-electron chi connectivity index (χ3n) is 9.68. The van der Waals surface area contributed by atoms with E-state index in [4.69, 9.17) is 16.0 Å². The monoisotopic (exact) mass is 689 g/mol. The molecular formula is C40H46ClF2NO3Si. The van der Waals surface area contributed by atoms with Gasteiger partial charge in [-0.25, -0.2) is 8.78 Å². The quantitative estimate of drug-likeness (QED) is 0.172. The molecule has 1 heterocycles. The van der Waals surface area contributed by atoms with Gasteiger partial charge in [-0.1, -0.05) is 105 Å². The second kappa shape index (κ2) is 14.2. The van der Waals surface area contributed by atoms with E-state index in [2.05, 4.69) is 45.0 Å². The van der Waals surface area contributed by atoms with E-state index in [0.717, 1.165) is 21.5 Å². The van der Waals surface area contributed by atoms with Gasteiger partial charge < -0.3 is 14.4 Å². The summed E-state index contributed by atoms with van der Waals surface area (Å²) < 4.78 is 37.9. The van der Waals surface area contributed by atoms with Crippen LogP contribution in [0.2, 0.25) is 10.1 Å². The topological polar surface area (TPSA) is 49.8 Å². The number of rotatable bonds is 10. The van der Waals surface area contributed by atoms with Crippen molar-refractivity contribution in [3.63, 3.8) is 0 Å². The van der Waals surface area contributed by atoms with E-state index in [-0.39, 0.29) is 40.4 Å². The summed E-state index contributed by atoms with van der Waals surface area (Å²) in [6.07, 6.45) is 0.875. The lowest BCUT2D eigenvalue weighted by atomic mass is 9.83. The molecule has 0 saturated heterocycles. The Kier molecular flexibility index (Phi) is 10.7. The highest BCUT2D eigenvalue weighted by Crippen LogP contribution is 2.40. The number of halogens is 3. The summed E-state index contributed by atoms with van der Waals surface area (Å²) in [7, 11) is -2.99. The number of nitrogens with zero attached hydrogens (tertiary/aromatic N) is 1. The number of hydrogen-bond donors (Lipinski definition) is 1. The molecule has 0 aliphatic carbocycles. The van der Waals surface area contributed by atoms with E-state index in [1.165, 1.54) is 18.2 Å². The van der Waals surface area contributed by atoms with Crippen LogP contribution in [0.4, 0.5) is 8.78 Å². The largest absolute Gasteiger partial charge is 0.405 e. The molecule has 4 aromatic rings. The van der Waals surface area contributed by atoms with Gasteiger partial charge in [0.25, 0.3) is 8.32 Å². The number of aliphatic hydroxyl groups is 1. The Hall–Kier alpha value is -3.36. The molecule has 1 amide bonds. The zero-order chi connectivity index (χ0) is 34.9. The van der Waals surface area contributed by atoms with Gasteiger partial charge in [0.2, 0.25) is 5.91 Å². The maximum atomic E-state index is 15.6. The lowest BCUT2D eigenvalue weighted by Crippen LogP contribution is -2.67. The van der Waals surface area contributed by atoms with Gasteiger partial charge in [-0.2, -0.15) is 0 Å². The molecule has 5 rings (SSSR count). The predicted octanol–water partition coefficient (Wildman–Crippen LogP) is 7.96. The van der Waals surface area contributed by atoms with E-state index < -0.39 is 31.8 Å². The molecule has 0 saturated carbocycles. The van der Waals surface area contributed by atoms with Crippen LogP contribution in [0.5, 0.6) is 0 Å². The number of fused-ring (bicyclic) bond motifs is 1. The van der Waals surface area contributed by atoms with Crippen LogP contribution in [0.1, 0.15) is 76.3 Å². The Morgan fingerprint density at radius 2 is 1.46 bits per heavy atom. The number of carbonyl (C=O) groups excluding carboxylic acids is 1. The van der Waals surface area contributed by atoms with Crippen molar-refractivity contribution in [2.75, 3.05) is 6.61 Å². The first-order valence-corrected chi connectivity index (χ1v) is 18.9. The van der Waals surface area contributed by atoms with Gasteiger partial charge in [-0.15, -0.1) is 0 Å². The second-order valence-electron chi connectivity index (χ2n) is 14.6. The highest BCUT2D eigenvalue weighted by molar-refractivity contribution is 6.99. The maximum Gasteiger partial charge on any atom is 0.261 e. The SMILES string of the molecule is C[C@H]1c2ccc(F)c(CCC(C)(C)O)c2C[C@H](CO[Si](c2ccccc2)(c2ccccc2)C(C)(C)C)N1C(=O)Cc1c(F)cccc1Cl. The zero-order valence-electron chi connectivity index (χ0n) is 28.7. The van der Waals surface area contributed by atoms with E-state index in [1.807, 2.05) is 43.3 Å². The molecule has 254 valence electrons. The molecule has 1 aliphatic heterocycles. The van der Waals surface area contributed by atoms with Gasteiger partial charge in [0.05, 0.1) is 30.7 Å². The van der Waals surface area contributed by atoms with Crippen molar-refractivity contribution in [2.24, 2.45) is 0 Å². The van der Waals surface area contributed by atoms with Gasteiger partial charge in [-0.3, -0.25) is 4.79 Å². The minimum Gasteiger partial charge on any atom is -0.405 e. The highest BCUT2D eigenvalue weighted by Gasteiger charge is 2.51. The number of carbonyl (C=O) groups is 1. The molecule has 0 spiro atoms. The van der Waals surface area contributed by atoms with E-state index in [1.54, 1.807) is 30.9 Å². The lowest BCUT2D eigenvalue weighted by molar-refractivity contribution is -0.137. The van der Waals surface area contributed by atoms with Crippen molar-refractivity contribution in [1.29, 1.82) is 0 Å². The lowest BCUT2D eigenvalue weighted by Gasteiger charge is -2.47. The average Bonchev–Trinajstić information content (AvgIpc) is 3.02. The summed E-state index contributed by atoms with van der Waals surface area (Å²) in [6, 6.07) is 27.3. The van der Waals surface area contributed by atoms with Gasteiger partial charge >= 0.3 is 0 Å². The molecule has 2 atom stereocenters.